The SMILES string of the molecule is CCNC(=O)N(C)CCN1C(=O)CS[C@@H]1c1ccc(OC)cc1. The van der Waals surface area contributed by atoms with Crippen molar-refractivity contribution in [2.75, 3.05) is 39.5 Å². The number of nitrogens with one attached hydrogen (secondary N) is 1. The lowest BCUT2D eigenvalue weighted by Gasteiger charge is -2.27. The highest BCUT2D eigenvalue weighted by Crippen LogP contribution is 2.38. The van der Waals surface area contributed by atoms with Gasteiger partial charge in [-0.2, -0.15) is 0 Å². The summed E-state index contributed by atoms with van der Waals surface area (Å²) < 4.78 is 5.17. The molecule has 1 heterocycles. The standard InChI is InChI=1S/C16H23N3O3S/c1-4-17-16(21)18(2)9-10-19-14(20)11-23-15(19)12-5-7-13(22-3)8-6-12/h5-8,15H,4,9-11H2,1-3H3,(H,17,21)/t15-/m1/s1. The lowest BCUT2D eigenvalue weighted by molar-refractivity contribution is -0.128. The summed E-state index contributed by atoms with van der Waals surface area (Å²) in [4.78, 5) is 27.3. The number of nitrogens with zero attached hydrogens (tertiary/aromatic N) is 2. The molecule has 0 saturated carbocycles. The summed E-state index contributed by atoms with van der Waals surface area (Å²) in [6.45, 7) is 3.50. The Morgan fingerprint density at radius 3 is 2.74 bits per heavy atom. The van der Waals surface area contributed by atoms with Crippen LogP contribution < -0.4 is 10.1 Å². The Labute approximate surface area is 141 Å². The van der Waals surface area contributed by atoms with Crippen LogP contribution in [-0.4, -0.2) is 61.3 Å². The number of amides is 3. The summed E-state index contributed by atoms with van der Waals surface area (Å²) >= 11 is 1.61. The molecule has 6 nitrogen and oxygen atoms in total. The molecule has 0 aromatic heterocycles. The van der Waals surface area contributed by atoms with Crippen molar-refractivity contribution in [3.63, 3.8) is 0 Å². The topological polar surface area (TPSA) is 61.9 Å². The Morgan fingerprint density at radius 2 is 2.13 bits per heavy atom. The van der Waals surface area contributed by atoms with E-state index in [0.29, 0.717) is 25.4 Å². The number of hydrogen-bond acceptors (Lipinski definition) is 4. The van der Waals surface area contributed by atoms with Gasteiger partial charge in [0.1, 0.15) is 11.1 Å². The number of methoxy groups -OCH3 is 1. The average molecular weight is 337 g/mol. The molecule has 1 fully saturated rings. The second kappa shape index (κ2) is 8.10. The minimum Gasteiger partial charge on any atom is -0.497 e. The monoisotopic (exact) mass is 337 g/mol. The number of carbonyl (C=O) groups is 2. The Hall–Kier alpha value is -1.89. The van der Waals surface area contributed by atoms with E-state index >= 15 is 0 Å². The van der Waals surface area contributed by atoms with E-state index in [1.54, 1.807) is 30.8 Å². The van der Waals surface area contributed by atoms with Gasteiger partial charge in [0, 0.05) is 26.7 Å². The van der Waals surface area contributed by atoms with Gasteiger partial charge in [-0.05, 0) is 24.6 Å². The highest BCUT2D eigenvalue weighted by Gasteiger charge is 2.32. The average Bonchev–Trinajstić information content (AvgIpc) is 2.93. The van der Waals surface area contributed by atoms with Crippen LogP contribution in [-0.2, 0) is 4.79 Å². The van der Waals surface area contributed by atoms with Gasteiger partial charge in [0.25, 0.3) is 0 Å². The number of urea groups is 1. The lowest BCUT2D eigenvalue weighted by atomic mass is 10.2. The second-order valence-corrected chi connectivity index (χ2v) is 6.35. The van der Waals surface area contributed by atoms with Gasteiger partial charge in [-0.25, -0.2) is 4.79 Å². The van der Waals surface area contributed by atoms with Gasteiger partial charge in [0.05, 0.1) is 12.9 Å². The largest absolute Gasteiger partial charge is 0.497 e. The molecule has 0 aliphatic carbocycles. The van der Waals surface area contributed by atoms with Crippen LogP contribution in [0.25, 0.3) is 0 Å². The smallest absolute Gasteiger partial charge is 0.317 e. The molecule has 0 bridgehead atoms. The second-order valence-electron chi connectivity index (χ2n) is 5.28. The van der Waals surface area contributed by atoms with E-state index in [2.05, 4.69) is 5.32 Å². The molecule has 0 radical (unpaired) electrons. The van der Waals surface area contributed by atoms with Crippen molar-refractivity contribution >= 4 is 23.7 Å². The van der Waals surface area contributed by atoms with Crippen LogP contribution in [0.3, 0.4) is 0 Å². The summed E-state index contributed by atoms with van der Waals surface area (Å²) in [5.41, 5.74) is 1.07. The molecular formula is C16H23N3O3S. The van der Waals surface area contributed by atoms with Gasteiger partial charge in [0.2, 0.25) is 5.91 Å². The van der Waals surface area contributed by atoms with Gasteiger partial charge < -0.3 is 19.9 Å². The summed E-state index contributed by atoms with van der Waals surface area (Å²) in [6, 6.07) is 7.65. The molecule has 1 N–H and O–H groups in total. The molecule has 126 valence electrons. The van der Waals surface area contributed by atoms with Gasteiger partial charge >= 0.3 is 6.03 Å². The maximum atomic E-state index is 12.2. The first-order valence-corrected chi connectivity index (χ1v) is 8.65. The third kappa shape index (κ3) is 4.31. The predicted octanol–water partition coefficient (Wildman–Crippen LogP) is 1.93. The van der Waals surface area contributed by atoms with Crippen LogP contribution in [0, 0.1) is 0 Å². The molecule has 1 aromatic carbocycles. The van der Waals surface area contributed by atoms with Crippen LogP contribution in [0.15, 0.2) is 24.3 Å². The first-order valence-electron chi connectivity index (χ1n) is 7.60. The number of likely N-dealkylation sites (N-methyl/N-ethyl adjacent to an activating group) is 1. The van der Waals surface area contributed by atoms with Crippen LogP contribution >= 0.6 is 11.8 Å². The third-order valence-corrected chi connectivity index (χ3v) is 4.98. The zero-order valence-electron chi connectivity index (χ0n) is 13.7. The minimum atomic E-state index is -0.118. The number of hydrogen-bond donors (Lipinski definition) is 1. The van der Waals surface area contributed by atoms with Gasteiger partial charge in [-0.1, -0.05) is 12.1 Å². The normalized spacial score (nSPS) is 17.3. The number of benzene rings is 1. The third-order valence-electron chi connectivity index (χ3n) is 3.72. The van der Waals surface area contributed by atoms with E-state index in [9.17, 15) is 9.59 Å². The van der Waals surface area contributed by atoms with E-state index in [1.165, 1.54) is 0 Å². The molecule has 2 rings (SSSR count). The molecule has 3 amide bonds. The summed E-state index contributed by atoms with van der Waals surface area (Å²) in [6.07, 6.45) is 0. The van der Waals surface area contributed by atoms with Crippen LogP contribution in [0.4, 0.5) is 4.79 Å². The predicted molar refractivity (Wildman–Crippen MR) is 91.6 cm³/mol. The van der Waals surface area contributed by atoms with Gasteiger partial charge in [-0.3, -0.25) is 4.79 Å². The van der Waals surface area contributed by atoms with E-state index in [1.807, 2.05) is 36.1 Å². The molecule has 1 aliphatic heterocycles. The van der Waals surface area contributed by atoms with Crippen LogP contribution in [0.5, 0.6) is 5.75 Å². The van der Waals surface area contributed by atoms with E-state index < -0.39 is 0 Å². The Kier molecular flexibility index (Phi) is 6.15. The summed E-state index contributed by atoms with van der Waals surface area (Å²) in [7, 11) is 3.37. The van der Waals surface area contributed by atoms with E-state index in [4.69, 9.17) is 4.74 Å². The maximum absolute atomic E-state index is 12.2. The van der Waals surface area contributed by atoms with Crippen LogP contribution in [0.2, 0.25) is 0 Å². The molecule has 1 saturated heterocycles. The molecule has 1 aromatic rings. The number of carbonyl (C=O) groups excluding carboxylic acids is 2. The first-order chi connectivity index (χ1) is 11.1. The fourth-order valence-electron chi connectivity index (χ4n) is 2.39. The highest BCUT2D eigenvalue weighted by atomic mass is 32.2. The molecule has 23 heavy (non-hydrogen) atoms. The minimum absolute atomic E-state index is 0.00366. The Bertz CT molecular complexity index is 550. The van der Waals surface area contributed by atoms with Crippen LogP contribution in [0.1, 0.15) is 17.9 Å². The molecular weight excluding hydrogens is 314 g/mol. The van der Waals surface area contributed by atoms with E-state index in [0.717, 1.165) is 11.3 Å². The zero-order valence-corrected chi connectivity index (χ0v) is 14.6. The maximum Gasteiger partial charge on any atom is 0.317 e. The van der Waals surface area contributed by atoms with Gasteiger partial charge in [-0.15, -0.1) is 11.8 Å². The number of ether oxygens (including phenoxy) is 1. The van der Waals surface area contributed by atoms with E-state index in [-0.39, 0.29) is 17.3 Å². The van der Waals surface area contributed by atoms with Crippen molar-refractivity contribution in [2.24, 2.45) is 0 Å². The quantitative estimate of drug-likeness (QED) is 0.862. The van der Waals surface area contributed by atoms with Crippen molar-refractivity contribution in [3.05, 3.63) is 29.8 Å². The fraction of sp³-hybridized carbons (Fsp3) is 0.500. The number of rotatable bonds is 6. The first kappa shape index (κ1) is 17.5. The highest BCUT2D eigenvalue weighted by molar-refractivity contribution is 8.00. The molecule has 1 atom stereocenters. The number of thioether (sulfide) groups is 1. The van der Waals surface area contributed by atoms with Gasteiger partial charge in [0.15, 0.2) is 0 Å². The van der Waals surface area contributed by atoms with Crippen molar-refractivity contribution < 1.29 is 14.3 Å². The summed E-state index contributed by atoms with van der Waals surface area (Å²) in [5.74, 6) is 1.38. The molecule has 7 heteroatoms. The molecule has 1 aliphatic rings. The Morgan fingerprint density at radius 1 is 1.43 bits per heavy atom. The fourth-order valence-corrected chi connectivity index (χ4v) is 3.60. The van der Waals surface area contributed by atoms with Crippen molar-refractivity contribution in [3.8, 4) is 5.75 Å². The van der Waals surface area contributed by atoms with Crippen molar-refractivity contribution in [1.29, 1.82) is 0 Å². The molecule has 0 unspecified atom stereocenters. The zero-order chi connectivity index (χ0) is 16.8. The summed E-state index contributed by atoms with van der Waals surface area (Å²) in [5, 5.41) is 2.75. The van der Waals surface area contributed by atoms with Crippen molar-refractivity contribution in [2.45, 2.75) is 12.3 Å². The lowest BCUT2D eigenvalue weighted by Crippen LogP contribution is -2.42. The Balaban J connectivity index is 2.00. The van der Waals surface area contributed by atoms with Crippen molar-refractivity contribution in [1.82, 2.24) is 15.1 Å². The molecule has 0 spiro atoms.